The van der Waals surface area contributed by atoms with Gasteiger partial charge in [0.15, 0.2) is 5.69 Å². The predicted molar refractivity (Wildman–Crippen MR) is 53.2 cm³/mol. The summed E-state index contributed by atoms with van der Waals surface area (Å²) in [7, 11) is 1.20. The summed E-state index contributed by atoms with van der Waals surface area (Å²) < 4.78 is 29.7. The molecular weight excluding hydrogens is 218 g/mol. The number of aromatic nitrogens is 1. The third kappa shape index (κ3) is 2.16. The first-order valence-corrected chi connectivity index (χ1v) is 4.57. The van der Waals surface area contributed by atoms with Gasteiger partial charge in [-0.1, -0.05) is 0 Å². The number of methoxy groups -OCH3 is 1. The number of carbonyl (C=O) groups is 1. The molecule has 0 amide bonds. The molecule has 0 radical (unpaired) electrons. The van der Waals surface area contributed by atoms with Crippen LogP contribution in [0.2, 0.25) is 0 Å². The van der Waals surface area contributed by atoms with E-state index in [-0.39, 0.29) is 23.4 Å². The van der Waals surface area contributed by atoms with E-state index in [2.05, 4.69) is 9.72 Å². The van der Waals surface area contributed by atoms with Crippen LogP contribution in [-0.2, 0) is 11.3 Å². The van der Waals surface area contributed by atoms with E-state index >= 15 is 0 Å². The van der Waals surface area contributed by atoms with Crippen molar-refractivity contribution in [1.82, 2.24) is 4.98 Å². The average molecular weight is 230 g/mol. The summed E-state index contributed by atoms with van der Waals surface area (Å²) in [5.41, 5.74) is 5.75. The van der Waals surface area contributed by atoms with E-state index in [0.717, 1.165) is 6.20 Å². The number of nitrogens with two attached hydrogens (primary N) is 1. The van der Waals surface area contributed by atoms with E-state index in [1.54, 1.807) is 0 Å². The van der Waals surface area contributed by atoms with Gasteiger partial charge in [0, 0.05) is 18.3 Å². The zero-order valence-corrected chi connectivity index (χ0v) is 8.96. The van der Waals surface area contributed by atoms with Gasteiger partial charge in [0.25, 0.3) is 6.43 Å². The molecule has 6 heteroatoms. The highest BCUT2D eigenvalue weighted by atomic mass is 19.3. The highest BCUT2D eigenvalue weighted by molar-refractivity contribution is 5.89. The lowest BCUT2D eigenvalue weighted by Gasteiger charge is -2.12. The zero-order valence-electron chi connectivity index (χ0n) is 8.96. The molecule has 1 aromatic heterocycles. The smallest absolute Gasteiger partial charge is 0.356 e. The third-order valence-corrected chi connectivity index (χ3v) is 2.31. The van der Waals surface area contributed by atoms with Crippen LogP contribution in [-0.4, -0.2) is 18.1 Å². The minimum atomic E-state index is -2.66. The van der Waals surface area contributed by atoms with Crippen LogP contribution in [0.15, 0.2) is 6.20 Å². The van der Waals surface area contributed by atoms with Crippen LogP contribution in [0.4, 0.5) is 8.78 Å². The molecule has 0 fully saturated rings. The monoisotopic (exact) mass is 230 g/mol. The Morgan fingerprint density at radius 1 is 1.62 bits per heavy atom. The molecule has 2 N–H and O–H groups in total. The highest BCUT2D eigenvalue weighted by Gasteiger charge is 2.20. The third-order valence-electron chi connectivity index (χ3n) is 2.31. The minimum Gasteiger partial charge on any atom is -0.464 e. The number of alkyl halides is 2. The number of rotatable bonds is 3. The van der Waals surface area contributed by atoms with Crippen molar-refractivity contribution in [2.45, 2.75) is 19.9 Å². The van der Waals surface area contributed by atoms with Crippen LogP contribution in [0.5, 0.6) is 0 Å². The number of esters is 1. The van der Waals surface area contributed by atoms with Gasteiger partial charge in [-0.2, -0.15) is 0 Å². The number of halogens is 2. The minimum absolute atomic E-state index is 0.0207. The standard InChI is InChI=1S/C10H12F2N2O2/c1-5-6(3-13)7(9(11)12)4-14-8(5)10(15)16-2/h4,9H,3,13H2,1-2H3. The molecule has 0 aromatic carbocycles. The van der Waals surface area contributed by atoms with Gasteiger partial charge in [0.05, 0.1) is 7.11 Å². The number of hydrogen-bond donors (Lipinski definition) is 1. The number of ether oxygens (including phenoxy) is 1. The van der Waals surface area contributed by atoms with Crippen molar-refractivity contribution in [2.24, 2.45) is 5.73 Å². The summed E-state index contributed by atoms with van der Waals surface area (Å²) in [5, 5.41) is 0. The number of nitrogens with zero attached hydrogens (tertiary/aromatic N) is 1. The molecule has 0 bridgehead atoms. The van der Waals surface area contributed by atoms with Gasteiger partial charge in [0.1, 0.15) is 0 Å². The highest BCUT2D eigenvalue weighted by Crippen LogP contribution is 2.25. The van der Waals surface area contributed by atoms with Crippen molar-refractivity contribution < 1.29 is 18.3 Å². The maximum absolute atomic E-state index is 12.6. The maximum atomic E-state index is 12.6. The normalized spacial score (nSPS) is 10.6. The fraction of sp³-hybridized carbons (Fsp3) is 0.400. The Morgan fingerprint density at radius 3 is 2.69 bits per heavy atom. The Kier molecular flexibility index (Phi) is 3.89. The van der Waals surface area contributed by atoms with Crippen LogP contribution >= 0.6 is 0 Å². The first-order valence-electron chi connectivity index (χ1n) is 4.57. The van der Waals surface area contributed by atoms with Crippen LogP contribution in [0.3, 0.4) is 0 Å². The second kappa shape index (κ2) is 4.98. The summed E-state index contributed by atoms with van der Waals surface area (Å²) in [4.78, 5) is 14.9. The molecule has 16 heavy (non-hydrogen) atoms. The van der Waals surface area contributed by atoms with Gasteiger partial charge >= 0.3 is 5.97 Å². The number of carbonyl (C=O) groups excluding carboxylic acids is 1. The summed E-state index contributed by atoms with van der Waals surface area (Å²) in [5.74, 6) is -0.659. The lowest BCUT2D eigenvalue weighted by atomic mass is 10.0. The molecule has 1 rings (SSSR count). The van der Waals surface area contributed by atoms with Crippen LogP contribution < -0.4 is 5.73 Å². The van der Waals surface area contributed by atoms with Crippen LogP contribution in [0.1, 0.15) is 33.6 Å². The van der Waals surface area contributed by atoms with Crippen molar-refractivity contribution in [3.8, 4) is 0 Å². The van der Waals surface area contributed by atoms with E-state index in [0.29, 0.717) is 5.56 Å². The van der Waals surface area contributed by atoms with Crippen molar-refractivity contribution in [2.75, 3.05) is 7.11 Å². The summed E-state index contributed by atoms with van der Waals surface area (Å²) >= 11 is 0. The Bertz CT molecular complexity index is 408. The Labute approximate surface area is 91.4 Å². The molecule has 0 saturated heterocycles. The molecule has 0 aliphatic rings. The lowest BCUT2D eigenvalue weighted by Crippen LogP contribution is -2.13. The summed E-state index contributed by atoms with van der Waals surface area (Å²) in [6.45, 7) is 1.45. The quantitative estimate of drug-likeness (QED) is 0.800. The average Bonchev–Trinajstić information content (AvgIpc) is 2.27. The predicted octanol–water partition coefficient (Wildman–Crippen LogP) is 1.57. The Morgan fingerprint density at radius 2 is 2.25 bits per heavy atom. The Balaban J connectivity index is 3.34. The molecule has 0 aliphatic carbocycles. The van der Waals surface area contributed by atoms with E-state index < -0.39 is 12.4 Å². The van der Waals surface area contributed by atoms with Gasteiger partial charge in [-0.3, -0.25) is 0 Å². The van der Waals surface area contributed by atoms with E-state index in [1.165, 1.54) is 14.0 Å². The molecule has 88 valence electrons. The fourth-order valence-corrected chi connectivity index (χ4v) is 1.43. The SMILES string of the molecule is COC(=O)c1ncc(C(F)F)c(CN)c1C. The van der Waals surface area contributed by atoms with Gasteiger partial charge in [0.2, 0.25) is 0 Å². The maximum Gasteiger partial charge on any atom is 0.356 e. The first-order chi connectivity index (χ1) is 7.52. The van der Waals surface area contributed by atoms with Crippen molar-refractivity contribution in [1.29, 1.82) is 0 Å². The van der Waals surface area contributed by atoms with Crippen molar-refractivity contribution >= 4 is 5.97 Å². The molecule has 0 spiro atoms. The molecule has 4 nitrogen and oxygen atoms in total. The largest absolute Gasteiger partial charge is 0.464 e. The number of hydrogen-bond acceptors (Lipinski definition) is 4. The molecule has 0 atom stereocenters. The van der Waals surface area contributed by atoms with Crippen molar-refractivity contribution in [3.05, 3.63) is 28.6 Å². The lowest BCUT2D eigenvalue weighted by molar-refractivity contribution is 0.0592. The van der Waals surface area contributed by atoms with E-state index in [1.807, 2.05) is 0 Å². The first kappa shape index (κ1) is 12.5. The van der Waals surface area contributed by atoms with Gasteiger partial charge in [-0.25, -0.2) is 18.6 Å². The van der Waals surface area contributed by atoms with Gasteiger partial charge in [-0.15, -0.1) is 0 Å². The summed E-state index contributed by atoms with van der Waals surface area (Å²) in [6.07, 6.45) is -1.69. The molecule has 1 aromatic rings. The van der Waals surface area contributed by atoms with Crippen molar-refractivity contribution in [3.63, 3.8) is 0 Å². The summed E-state index contributed by atoms with van der Waals surface area (Å²) in [6, 6.07) is 0. The molecule has 0 saturated carbocycles. The molecule has 1 heterocycles. The second-order valence-corrected chi connectivity index (χ2v) is 3.16. The number of pyridine rings is 1. The fourth-order valence-electron chi connectivity index (χ4n) is 1.43. The van der Waals surface area contributed by atoms with Crippen LogP contribution in [0, 0.1) is 6.92 Å². The molecular formula is C10H12F2N2O2. The molecule has 0 aliphatic heterocycles. The second-order valence-electron chi connectivity index (χ2n) is 3.16. The van der Waals surface area contributed by atoms with E-state index in [9.17, 15) is 13.6 Å². The topological polar surface area (TPSA) is 65.2 Å². The van der Waals surface area contributed by atoms with Gasteiger partial charge < -0.3 is 10.5 Å². The van der Waals surface area contributed by atoms with Crippen LogP contribution in [0.25, 0.3) is 0 Å². The molecule has 0 unspecified atom stereocenters. The van der Waals surface area contributed by atoms with E-state index in [4.69, 9.17) is 5.73 Å². The zero-order chi connectivity index (χ0) is 12.3. The Hall–Kier alpha value is -1.56. The van der Waals surface area contributed by atoms with Gasteiger partial charge in [-0.05, 0) is 18.1 Å².